The summed E-state index contributed by atoms with van der Waals surface area (Å²) in [5.41, 5.74) is 4.70. The number of anilines is 1. The van der Waals surface area contributed by atoms with Crippen LogP contribution in [0, 0.1) is 0 Å². The van der Waals surface area contributed by atoms with Gasteiger partial charge >= 0.3 is 5.97 Å². The average molecular weight is 250 g/mol. The van der Waals surface area contributed by atoms with Gasteiger partial charge in [0, 0.05) is 17.9 Å². The summed E-state index contributed by atoms with van der Waals surface area (Å²) >= 11 is 0. The monoisotopic (exact) mass is 250 g/mol. The number of carboxylic acids is 1. The molecule has 1 aromatic heterocycles. The number of aliphatic carboxylic acids is 1. The molecule has 0 aromatic carbocycles. The van der Waals surface area contributed by atoms with E-state index in [-0.39, 0.29) is 17.9 Å². The van der Waals surface area contributed by atoms with Crippen LogP contribution in [-0.2, 0) is 4.79 Å². The van der Waals surface area contributed by atoms with Crippen molar-refractivity contribution in [2.45, 2.75) is 31.2 Å². The van der Waals surface area contributed by atoms with Crippen molar-refractivity contribution in [2.75, 3.05) is 5.32 Å². The number of aromatic nitrogens is 2. The molecule has 1 aromatic rings. The van der Waals surface area contributed by atoms with Crippen molar-refractivity contribution in [2.24, 2.45) is 5.73 Å². The van der Waals surface area contributed by atoms with Crippen LogP contribution in [0.5, 0.6) is 0 Å². The van der Waals surface area contributed by atoms with E-state index in [0.717, 1.165) is 19.3 Å². The van der Waals surface area contributed by atoms with Crippen molar-refractivity contribution in [3.8, 4) is 0 Å². The lowest BCUT2D eigenvalue weighted by atomic mass is 9.74. The predicted molar refractivity (Wildman–Crippen MR) is 63.0 cm³/mol. The molecular formula is C11H14N4O3. The van der Waals surface area contributed by atoms with Crippen LogP contribution in [-0.4, -0.2) is 32.5 Å². The molecule has 0 spiro atoms. The van der Waals surface area contributed by atoms with E-state index in [9.17, 15) is 9.59 Å². The van der Waals surface area contributed by atoms with Gasteiger partial charge in [0.2, 0.25) is 0 Å². The lowest BCUT2D eigenvalue weighted by molar-refractivity contribution is -0.138. The Morgan fingerprint density at radius 2 is 2.06 bits per heavy atom. The molecule has 7 heteroatoms. The molecule has 0 bridgehead atoms. The van der Waals surface area contributed by atoms with Gasteiger partial charge in [-0.15, -0.1) is 0 Å². The summed E-state index contributed by atoms with van der Waals surface area (Å²) in [6, 6.07) is 0. The van der Waals surface area contributed by atoms with Crippen molar-refractivity contribution in [3.05, 3.63) is 18.1 Å². The maximum absolute atomic E-state index is 11.2. The smallest absolute Gasteiger partial charge is 0.305 e. The van der Waals surface area contributed by atoms with Crippen molar-refractivity contribution >= 4 is 17.7 Å². The quantitative estimate of drug-likeness (QED) is 0.695. The maximum atomic E-state index is 11.2. The Bertz CT molecular complexity index is 485. The Balaban J connectivity index is 2.22. The summed E-state index contributed by atoms with van der Waals surface area (Å²) in [7, 11) is 0. The maximum Gasteiger partial charge on any atom is 0.305 e. The molecule has 7 nitrogen and oxygen atoms in total. The summed E-state index contributed by atoms with van der Waals surface area (Å²) in [6.45, 7) is 0. The Kier molecular flexibility index (Phi) is 3.14. The number of rotatable bonds is 5. The summed E-state index contributed by atoms with van der Waals surface area (Å²) in [5, 5.41) is 11.9. The molecule has 1 aliphatic rings. The van der Waals surface area contributed by atoms with Gasteiger partial charge < -0.3 is 16.2 Å². The molecule has 4 N–H and O–H groups in total. The molecule has 18 heavy (non-hydrogen) atoms. The third-order valence-corrected chi connectivity index (χ3v) is 3.12. The van der Waals surface area contributed by atoms with E-state index in [1.807, 2.05) is 0 Å². The van der Waals surface area contributed by atoms with E-state index < -0.39 is 17.4 Å². The van der Waals surface area contributed by atoms with Gasteiger partial charge in [-0.1, -0.05) is 0 Å². The molecule has 1 aliphatic carbocycles. The number of amides is 1. The molecule has 0 atom stereocenters. The first-order valence-corrected chi connectivity index (χ1v) is 5.63. The SMILES string of the molecule is NC(=O)c1nccnc1NC1(CC(=O)O)CCC1. The Morgan fingerprint density at radius 3 is 2.56 bits per heavy atom. The lowest BCUT2D eigenvalue weighted by Crippen LogP contribution is -2.47. The highest BCUT2D eigenvalue weighted by Crippen LogP contribution is 2.38. The van der Waals surface area contributed by atoms with Crippen molar-refractivity contribution < 1.29 is 14.7 Å². The molecular weight excluding hydrogens is 236 g/mol. The van der Waals surface area contributed by atoms with E-state index in [2.05, 4.69) is 15.3 Å². The summed E-state index contributed by atoms with van der Waals surface area (Å²) in [5.74, 6) is -1.31. The Hall–Kier alpha value is -2.18. The zero-order chi connectivity index (χ0) is 13.2. The van der Waals surface area contributed by atoms with E-state index in [1.54, 1.807) is 0 Å². The molecule has 96 valence electrons. The minimum Gasteiger partial charge on any atom is -0.481 e. The van der Waals surface area contributed by atoms with Crippen LogP contribution in [0.3, 0.4) is 0 Å². The van der Waals surface area contributed by atoms with Crippen LogP contribution in [0.2, 0.25) is 0 Å². The van der Waals surface area contributed by atoms with Crippen LogP contribution in [0.25, 0.3) is 0 Å². The summed E-state index contributed by atoms with van der Waals surface area (Å²) < 4.78 is 0. The second-order valence-electron chi connectivity index (χ2n) is 4.45. The molecule has 0 radical (unpaired) electrons. The van der Waals surface area contributed by atoms with Gasteiger partial charge in [-0.3, -0.25) is 9.59 Å². The topological polar surface area (TPSA) is 118 Å². The summed E-state index contributed by atoms with van der Waals surface area (Å²) in [4.78, 5) is 29.9. The van der Waals surface area contributed by atoms with Gasteiger partial charge in [-0.05, 0) is 19.3 Å². The number of nitrogens with zero attached hydrogens (tertiary/aromatic N) is 2. The lowest BCUT2D eigenvalue weighted by Gasteiger charge is -2.42. The minimum atomic E-state index is -0.883. The number of hydrogen-bond acceptors (Lipinski definition) is 5. The van der Waals surface area contributed by atoms with Gasteiger partial charge in [-0.25, -0.2) is 9.97 Å². The first kappa shape index (κ1) is 12.3. The van der Waals surface area contributed by atoms with E-state index in [0.29, 0.717) is 0 Å². The Labute approximate surface area is 103 Å². The molecule has 1 saturated carbocycles. The Morgan fingerprint density at radius 1 is 1.39 bits per heavy atom. The number of carbonyl (C=O) groups is 2. The van der Waals surface area contributed by atoms with Gasteiger partial charge in [0.1, 0.15) is 0 Å². The molecule has 0 aliphatic heterocycles. The predicted octanol–water partition coefficient (Wildman–Crippen LogP) is 0.385. The molecule has 0 saturated heterocycles. The number of carboxylic acid groups (broad SMARTS) is 1. The minimum absolute atomic E-state index is 0.0121. The van der Waals surface area contributed by atoms with Crippen LogP contribution in [0.15, 0.2) is 12.4 Å². The highest BCUT2D eigenvalue weighted by atomic mass is 16.4. The second kappa shape index (κ2) is 4.59. The average Bonchev–Trinajstić information content (AvgIpc) is 2.26. The highest BCUT2D eigenvalue weighted by molar-refractivity contribution is 5.95. The molecule has 1 fully saturated rings. The summed E-state index contributed by atoms with van der Waals surface area (Å²) in [6.07, 6.45) is 5.20. The molecule has 1 amide bonds. The third-order valence-electron chi connectivity index (χ3n) is 3.12. The van der Waals surface area contributed by atoms with Crippen LogP contribution in [0.4, 0.5) is 5.82 Å². The van der Waals surface area contributed by atoms with Crippen LogP contribution in [0.1, 0.15) is 36.2 Å². The van der Waals surface area contributed by atoms with Gasteiger partial charge in [0.15, 0.2) is 11.5 Å². The van der Waals surface area contributed by atoms with Crippen LogP contribution >= 0.6 is 0 Å². The fraction of sp³-hybridized carbons (Fsp3) is 0.455. The number of nitrogens with one attached hydrogen (secondary N) is 1. The second-order valence-corrected chi connectivity index (χ2v) is 4.45. The van der Waals surface area contributed by atoms with E-state index in [1.165, 1.54) is 12.4 Å². The zero-order valence-electron chi connectivity index (χ0n) is 9.72. The number of nitrogens with two attached hydrogens (primary N) is 1. The van der Waals surface area contributed by atoms with Crippen molar-refractivity contribution in [1.29, 1.82) is 0 Å². The van der Waals surface area contributed by atoms with Gasteiger partial charge in [0.05, 0.1) is 6.42 Å². The first-order chi connectivity index (χ1) is 8.52. The number of primary amides is 1. The molecule has 0 unspecified atom stereocenters. The standard InChI is InChI=1S/C11H14N4O3/c12-9(18)8-10(14-5-4-13-8)15-11(2-1-3-11)6-7(16)17/h4-5H,1-3,6H2,(H2,12,18)(H,14,15)(H,16,17). The zero-order valence-corrected chi connectivity index (χ0v) is 9.72. The van der Waals surface area contributed by atoms with Crippen LogP contribution < -0.4 is 11.1 Å². The molecule has 1 heterocycles. The van der Waals surface area contributed by atoms with E-state index >= 15 is 0 Å². The fourth-order valence-electron chi connectivity index (χ4n) is 2.10. The van der Waals surface area contributed by atoms with Crippen molar-refractivity contribution in [1.82, 2.24) is 9.97 Å². The van der Waals surface area contributed by atoms with Gasteiger partial charge in [0.25, 0.3) is 5.91 Å². The third kappa shape index (κ3) is 2.39. The highest BCUT2D eigenvalue weighted by Gasteiger charge is 2.40. The van der Waals surface area contributed by atoms with Crippen molar-refractivity contribution in [3.63, 3.8) is 0 Å². The molecule has 2 rings (SSSR count). The van der Waals surface area contributed by atoms with E-state index in [4.69, 9.17) is 10.8 Å². The fourth-order valence-corrected chi connectivity index (χ4v) is 2.10. The normalized spacial score (nSPS) is 16.7. The number of hydrogen-bond donors (Lipinski definition) is 3. The largest absolute Gasteiger partial charge is 0.481 e. The van der Waals surface area contributed by atoms with Gasteiger partial charge in [-0.2, -0.15) is 0 Å². The number of carbonyl (C=O) groups excluding carboxylic acids is 1. The first-order valence-electron chi connectivity index (χ1n) is 5.63.